The molecule has 0 spiro atoms. The number of aliphatic imine (C=N–C) groups is 1. The van der Waals surface area contributed by atoms with Gasteiger partial charge in [-0.1, -0.05) is 23.7 Å². The van der Waals surface area contributed by atoms with E-state index < -0.39 is 0 Å². The van der Waals surface area contributed by atoms with Crippen LogP contribution in [0.1, 0.15) is 30.2 Å². The summed E-state index contributed by atoms with van der Waals surface area (Å²) in [7, 11) is 2.05. The van der Waals surface area contributed by atoms with E-state index in [1.807, 2.05) is 30.5 Å². The third-order valence-electron chi connectivity index (χ3n) is 3.83. The first-order valence-electron chi connectivity index (χ1n) is 8.33. The van der Waals surface area contributed by atoms with Gasteiger partial charge in [0, 0.05) is 37.4 Å². The molecule has 0 fully saturated rings. The Bertz CT molecular complexity index is 648. The van der Waals surface area contributed by atoms with Gasteiger partial charge in [0.2, 0.25) is 0 Å². The summed E-state index contributed by atoms with van der Waals surface area (Å²) < 4.78 is 0. The predicted octanol–water partition coefficient (Wildman–Crippen LogP) is 3.40. The molecular weight excluding hydrogens is 322 g/mol. The maximum Gasteiger partial charge on any atom is 0.193 e. The van der Waals surface area contributed by atoms with Crippen LogP contribution in [-0.2, 0) is 13.0 Å². The standard InChI is InChI=1S/C18H26ClN5/c1-4-20-18(21-11-5-6-16-12-22-23-14(16)2)24(3)13-15-7-9-17(19)10-8-15/h7-10,12H,4-6,11,13H2,1-3H3,(H,20,21)(H,22,23). The van der Waals surface area contributed by atoms with E-state index in [2.05, 4.69) is 41.3 Å². The summed E-state index contributed by atoms with van der Waals surface area (Å²) in [4.78, 5) is 6.87. The van der Waals surface area contributed by atoms with Crippen LogP contribution in [0.3, 0.4) is 0 Å². The van der Waals surface area contributed by atoms with E-state index in [9.17, 15) is 0 Å². The molecule has 6 heteroatoms. The Morgan fingerprint density at radius 1 is 1.33 bits per heavy atom. The van der Waals surface area contributed by atoms with E-state index in [1.54, 1.807) is 0 Å². The van der Waals surface area contributed by atoms with Crippen molar-refractivity contribution in [1.29, 1.82) is 0 Å². The molecule has 2 aromatic rings. The zero-order chi connectivity index (χ0) is 17.4. The number of hydrogen-bond acceptors (Lipinski definition) is 2. The van der Waals surface area contributed by atoms with Gasteiger partial charge in [-0.05, 0) is 49.9 Å². The molecule has 0 unspecified atom stereocenters. The van der Waals surface area contributed by atoms with Gasteiger partial charge in [-0.15, -0.1) is 0 Å². The minimum atomic E-state index is 0.761. The molecule has 1 heterocycles. The largest absolute Gasteiger partial charge is 0.357 e. The first-order chi connectivity index (χ1) is 11.6. The molecule has 0 radical (unpaired) electrons. The number of guanidine groups is 1. The molecule has 0 saturated carbocycles. The number of benzene rings is 1. The maximum absolute atomic E-state index is 5.94. The minimum Gasteiger partial charge on any atom is -0.357 e. The van der Waals surface area contributed by atoms with Crippen LogP contribution in [0.25, 0.3) is 0 Å². The van der Waals surface area contributed by atoms with Crippen molar-refractivity contribution in [3.8, 4) is 0 Å². The van der Waals surface area contributed by atoms with Crippen molar-refractivity contribution in [3.63, 3.8) is 0 Å². The average Bonchev–Trinajstić information content (AvgIpc) is 2.97. The summed E-state index contributed by atoms with van der Waals surface area (Å²) in [5, 5.41) is 11.1. The number of nitrogens with one attached hydrogen (secondary N) is 2. The molecule has 2 rings (SSSR count). The van der Waals surface area contributed by atoms with Crippen LogP contribution >= 0.6 is 11.6 Å². The highest BCUT2D eigenvalue weighted by Gasteiger charge is 2.06. The monoisotopic (exact) mass is 347 g/mol. The van der Waals surface area contributed by atoms with E-state index in [1.165, 1.54) is 11.1 Å². The Labute approximate surface area is 149 Å². The van der Waals surface area contributed by atoms with Crippen LogP contribution < -0.4 is 5.32 Å². The van der Waals surface area contributed by atoms with E-state index in [0.717, 1.165) is 49.2 Å². The molecule has 0 bridgehead atoms. The maximum atomic E-state index is 5.94. The number of aromatic nitrogens is 2. The Kier molecular flexibility index (Phi) is 7.12. The number of nitrogens with zero attached hydrogens (tertiary/aromatic N) is 3. The highest BCUT2D eigenvalue weighted by molar-refractivity contribution is 6.30. The second-order valence-electron chi connectivity index (χ2n) is 5.84. The Balaban J connectivity index is 1.89. The molecule has 1 aromatic carbocycles. The number of halogens is 1. The molecule has 0 aliphatic rings. The number of H-pyrrole nitrogens is 1. The van der Waals surface area contributed by atoms with Gasteiger partial charge in [-0.25, -0.2) is 0 Å². The molecule has 2 N–H and O–H groups in total. The Morgan fingerprint density at radius 2 is 2.08 bits per heavy atom. The molecular formula is C18H26ClN5. The number of rotatable bonds is 7. The van der Waals surface area contributed by atoms with Gasteiger partial charge in [-0.2, -0.15) is 5.10 Å². The first kappa shape index (κ1) is 18.3. The van der Waals surface area contributed by atoms with Crippen molar-refractivity contribution in [3.05, 3.63) is 52.3 Å². The fourth-order valence-corrected chi connectivity index (χ4v) is 2.62. The first-order valence-corrected chi connectivity index (χ1v) is 8.70. The van der Waals surface area contributed by atoms with Crippen molar-refractivity contribution in [2.45, 2.75) is 33.2 Å². The number of aryl methyl sites for hydroxylation is 2. The third-order valence-corrected chi connectivity index (χ3v) is 4.08. The lowest BCUT2D eigenvalue weighted by molar-refractivity contribution is 0.476. The van der Waals surface area contributed by atoms with Crippen LogP contribution in [-0.4, -0.2) is 41.2 Å². The van der Waals surface area contributed by atoms with E-state index in [-0.39, 0.29) is 0 Å². The van der Waals surface area contributed by atoms with Crippen molar-refractivity contribution in [2.75, 3.05) is 20.1 Å². The van der Waals surface area contributed by atoms with Crippen molar-refractivity contribution in [2.24, 2.45) is 4.99 Å². The van der Waals surface area contributed by atoms with Gasteiger partial charge >= 0.3 is 0 Å². The summed E-state index contributed by atoms with van der Waals surface area (Å²) in [5.74, 6) is 0.927. The summed E-state index contributed by atoms with van der Waals surface area (Å²) in [6.07, 6.45) is 3.90. The quantitative estimate of drug-likeness (QED) is 0.458. The van der Waals surface area contributed by atoms with Gasteiger partial charge in [-0.3, -0.25) is 10.1 Å². The topological polar surface area (TPSA) is 56.3 Å². The lowest BCUT2D eigenvalue weighted by Crippen LogP contribution is -2.38. The molecule has 0 saturated heterocycles. The highest BCUT2D eigenvalue weighted by atomic mass is 35.5. The number of aromatic amines is 1. The van der Waals surface area contributed by atoms with Crippen molar-refractivity contribution < 1.29 is 0 Å². The fourth-order valence-electron chi connectivity index (χ4n) is 2.49. The molecule has 0 aliphatic carbocycles. The van der Waals surface area contributed by atoms with Crippen molar-refractivity contribution in [1.82, 2.24) is 20.4 Å². The van der Waals surface area contributed by atoms with E-state index in [0.29, 0.717) is 0 Å². The summed E-state index contributed by atoms with van der Waals surface area (Å²) in [5.41, 5.74) is 3.62. The molecule has 24 heavy (non-hydrogen) atoms. The van der Waals surface area contributed by atoms with E-state index >= 15 is 0 Å². The van der Waals surface area contributed by atoms with Crippen molar-refractivity contribution >= 4 is 17.6 Å². The molecule has 130 valence electrons. The zero-order valence-corrected chi connectivity index (χ0v) is 15.4. The van der Waals surface area contributed by atoms with Gasteiger partial charge in [0.25, 0.3) is 0 Å². The minimum absolute atomic E-state index is 0.761. The van der Waals surface area contributed by atoms with Gasteiger partial charge < -0.3 is 10.2 Å². The van der Waals surface area contributed by atoms with Gasteiger partial charge in [0.15, 0.2) is 5.96 Å². The molecule has 5 nitrogen and oxygen atoms in total. The summed E-state index contributed by atoms with van der Waals surface area (Å²) >= 11 is 5.94. The zero-order valence-electron chi connectivity index (χ0n) is 14.6. The lowest BCUT2D eigenvalue weighted by atomic mass is 10.1. The van der Waals surface area contributed by atoms with Crippen LogP contribution in [0.2, 0.25) is 5.02 Å². The third kappa shape index (κ3) is 5.57. The average molecular weight is 348 g/mol. The molecule has 0 amide bonds. The molecule has 0 atom stereocenters. The second-order valence-corrected chi connectivity index (χ2v) is 6.28. The van der Waals surface area contributed by atoms with Crippen LogP contribution in [0, 0.1) is 6.92 Å². The molecule has 1 aromatic heterocycles. The van der Waals surface area contributed by atoms with E-state index in [4.69, 9.17) is 16.6 Å². The smallest absolute Gasteiger partial charge is 0.193 e. The fraction of sp³-hybridized carbons (Fsp3) is 0.444. The van der Waals surface area contributed by atoms with Gasteiger partial charge in [0.05, 0.1) is 6.20 Å². The van der Waals surface area contributed by atoms with Gasteiger partial charge in [0.1, 0.15) is 0 Å². The Hall–Kier alpha value is -2.01. The molecule has 0 aliphatic heterocycles. The second kappa shape index (κ2) is 9.33. The van der Waals surface area contributed by atoms with Crippen LogP contribution in [0.4, 0.5) is 0 Å². The predicted molar refractivity (Wildman–Crippen MR) is 101 cm³/mol. The normalized spacial score (nSPS) is 11.6. The summed E-state index contributed by atoms with van der Waals surface area (Å²) in [6.45, 7) is 6.57. The van der Waals surface area contributed by atoms with Crippen LogP contribution in [0.5, 0.6) is 0 Å². The Morgan fingerprint density at radius 3 is 2.71 bits per heavy atom. The van der Waals surface area contributed by atoms with Crippen LogP contribution in [0.15, 0.2) is 35.5 Å². The lowest BCUT2D eigenvalue weighted by Gasteiger charge is -2.22. The SMILES string of the molecule is CCNC(=NCCCc1cn[nH]c1C)N(C)Cc1ccc(Cl)cc1. The highest BCUT2D eigenvalue weighted by Crippen LogP contribution is 2.11. The summed E-state index contributed by atoms with van der Waals surface area (Å²) in [6, 6.07) is 7.93. The number of hydrogen-bond donors (Lipinski definition) is 2.